The number of esters is 1. The van der Waals surface area contributed by atoms with Crippen molar-refractivity contribution < 1.29 is 14.3 Å². The second-order valence-corrected chi connectivity index (χ2v) is 9.25. The minimum Gasteiger partial charge on any atom is -0.459 e. The number of hydrogen-bond acceptors (Lipinski definition) is 3. The Balaban J connectivity index is 2.03. The first-order chi connectivity index (χ1) is 9.98. The number of Topliss-reactive ketones (excluding diaryl/α,β-unsaturated/α-hetero) is 1. The van der Waals surface area contributed by atoms with E-state index in [4.69, 9.17) is 4.74 Å². The minimum absolute atomic E-state index is 0.0211. The van der Waals surface area contributed by atoms with E-state index >= 15 is 0 Å². The van der Waals surface area contributed by atoms with Gasteiger partial charge in [0.1, 0.15) is 11.0 Å². The van der Waals surface area contributed by atoms with E-state index in [-0.39, 0.29) is 29.0 Å². The Hall–Kier alpha value is -1.12. The van der Waals surface area contributed by atoms with Crippen LogP contribution in [0.1, 0.15) is 67.2 Å². The number of hydrogen-bond donors (Lipinski definition) is 0. The monoisotopic (exact) mass is 304 g/mol. The highest BCUT2D eigenvalue weighted by atomic mass is 16.6. The molecule has 3 rings (SSSR count). The maximum absolute atomic E-state index is 13.2. The predicted molar refractivity (Wildman–Crippen MR) is 85.2 cm³/mol. The first-order valence-corrected chi connectivity index (χ1v) is 8.46. The normalized spacial score (nSPS) is 36.5. The number of rotatable bonds is 1. The third-order valence-corrected chi connectivity index (χ3v) is 5.70. The average Bonchev–Trinajstić information content (AvgIpc) is 2.89. The fourth-order valence-electron chi connectivity index (χ4n) is 5.03. The van der Waals surface area contributed by atoms with E-state index < -0.39 is 11.0 Å². The summed E-state index contributed by atoms with van der Waals surface area (Å²) in [4.78, 5) is 26.2. The highest BCUT2D eigenvalue weighted by molar-refractivity contribution is 6.12. The van der Waals surface area contributed by atoms with E-state index in [2.05, 4.69) is 20.8 Å². The van der Waals surface area contributed by atoms with E-state index in [9.17, 15) is 9.59 Å². The summed E-state index contributed by atoms with van der Waals surface area (Å²) in [5.41, 5.74) is 1.07. The smallest absolute Gasteiger partial charge is 0.324 e. The van der Waals surface area contributed by atoms with Gasteiger partial charge < -0.3 is 4.74 Å². The predicted octanol–water partition coefficient (Wildman–Crippen LogP) is 4.06. The van der Waals surface area contributed by atoms with Crippen LogP contribution >= 0.6 is 0 Å². The molecule has 3 aliphatic rings. The van der Waals surface area contributed by atoms with Crippen LogP contribution in [0.15, 0.2) is 11.1 Å². The van der Waals surface area contributed by atoms with Crippen molar-refractivity contribution in [3.63, 3.8) is 0 Å². The topological polar surface area (TPSA) is 43.4 Å². The van der Waals surface area contributed by atoms with Crippen molar-refractivity contribution in [3.8, 4) is 0 Å². The Morgan fingerprint density at radius 1 is 1.18 bits per heavy atom. The van der Waals surface area contributed by atoms with E-state index in [1.165, 1.54) is 5.57 Å². The molecule has 0 aromatic rings. The summed E-state index contributed by atoms with van der Waals surface area (Å²) >= 11 is 0. The maximum atomic E-state index is 13.2. The van der Waals surface area contributed by atoms with Crippen LogP contribution in [-0.2, 0) is 14.3 Å². The maximum Gasteiger partial charge on any atom is 0.324 e. The van der Waals surface area contributed by atoms with Gasteiger partial charge in [0.25, 0.3) is 0 Å². The van der Waals surface area contributed by atoms with Gasteiger partial charge in [-0.15, -0.1) is 0 Å². The first kappa shape index (κ1) is 15.8. The van der Waals surface area contributed by atoms with Gasteiger partial charge >= 0.3 is 5.97 Å². The van der Waals surface area contributed by atoms with Crippen LogP contribution < -0.4 is 0 Å². The molecule has 3 atom stereocenters. The van der Waals surface area contributed by atoms with Crippen molar-refractivity contribution in [2.24, 2.45) is 22.7 Å². The lowest BCUT2D eigenvalue weighted by Gasteiger charge is -2.31. The summed E-state index contributed by atoms with van der Waals surface area (Å²) in [6.45, 7) is 12.2. The number of allylic oxidation sites excluding steroid dienone is 1. The quantitative estimate of drug-likeness (QED) is 0.417. The van der Waals surface area contributed by atoms with Gasteiger partial charge in [0.2, 0.25) is 0 Å². The van der Waals surface area contributed by atoms with Gasteiger partial charge in [-0.3, -0.25) is 9.59 Å². The Morgan fingerprint density at radius 3 is 2.36 bits per heavy atom. The molecular formula is C19H28O3. The molecule has 3 heteroatoms. The van der Waals surface area contributed by atoms with E-state index in [1.807, 2.05) is 20.8 Å². The zero-order valence-electron chi connectivity index (χ0n) is 14.7. The van der Waals surface area contributed by atoms with Crippen molar-refractivity contribution in [1.82, 2.24) is 0 Å². The molecule has 0 spiro atoms. The molecule has 0 bridgehead atoms. The number of carbonyl (C=O) groups excluding carboxylic acids is 2. The van der Waals surface area contributed by atoms with Crippen LogP contribution in [0.4, 0.5) is 0 Å². The van der Waals surface area contributed by atoms with E-state index in [1.54, 1.807) is 0 Å². The lowest BCUT2D eigenvalue weighted by Crippen LogP contribution is -2.42. The number of carbonyl (C=O) groups is 2. The van der Waals surface area contributed by atoms with Gasteiger partial charge in [-0.05, 0) is 70.3 Å². The molecule has 0 saturated heterocycles. The summed E-state index contributed by atoms with van der Waals surface area (Å²) in [5, 5.41) is 0. The van der Waals surface area contributed by atoms with Gasteiger partial charge in [0, 0.05) is 5.92 Å². The first-order valence-electron chi connectivity index (χ1n) is 8.46. The molecule has 0 unspecified atom stereocenters. The third-order valence-electron chi connectivity index (χ3n) is 5.70. The van der Waals surface area contributed by atoms with Gasteiger partial charge in [0.15, 0.2) is 5.78 Å². The van der Waals surface area contributed by atoms with Crippen molar-refractivity contribution in [1.29, 1.82) is 0 Å². The second kappa shape index (κ2) is 4.46. The zero-order valence-corrected chi connectivity index (χ0v) is 14.7. The fourth-order valence-corrected chi connectivity index (χ4v) is 5.03. The average molecular weight is 304 g/mol. The Labute approximate surface area is 133 Å². The molecule has 0 radical (unpaired) electrons. The molecule has 3 nitrogen and oxygen atoms in total. The van der Waals surface area contributed by atoms with E-state index in [0.29, 0.717) is 6.42 Å². The molecule has 0 N–H and O–H groups in total. The molecule has 22 heavy (non-hydrogen) atoms. The van der Waals surface area contributed by atoms with Crippen molar-refractivity contribution in [3.05, 3.63) is 11.1 Å². The molecule has 122 valence electrons. The van der Waals surface area contributed by atoms with Crippen LogP contribution in [0.5, 0.6) is 0 Å². The van der Waals surface area contributed by atoms with Gasteiger partial charge in [-0.1, -0.05) is 19.4 Å². The molecule has 0 aromatic carbocycles. The SMILES string of the molecule is CC1=C2[C@@H]3CC(C)(C)C[C@@H]3C(=O)[C@@]2(C(=O)OC(C)(C)C)CC1. The molecular weight excluding hydrogens is 276 g/mol. The summed E-state index contributed by atoms with van der Waals surface area (Å²) in [5.74, 6) is 0.124. The highest BCUT2D eigenvalue weighted by Crippen LogP contribution is 2.64. The lowest BCUT2D eigenvalue weighted by molar-refractivity contribution is -0.167. The van der Waals surface area contributed by atoms with Gasteiger partial charge in [-0.2, -0.15) is 0 Å². The third kappa shape index (κ3) is 2.08. The van der Waals surface area contributed by atoms with Crippen LogP contribution in [0, 0.1) is 22.7 Å². The lowest BCUT2D eigenvalue weighted by atomic mass is 9.76. The molecule has 0 heterocycles. The van der Waals surface area contributed by atoms with Gasteiger partial charge in [-0.25, -0.2) is 0 Å². The Bertz CT molecular complexity index is 576. The minimum atomic E-state index is -0.955. The standard InChI is InChI=1S/C19H28O3/c1-11-7-8-19(16(21)22-17(2,3)4)14(11)12-9-18(5,6)10-13(12)15(19)20/h12-13H,7-10H2,1-6H3/t12-,13+,19-/m1/s1. The molecule has 0 aliphatic heterocycles. The molecule has 0 aromatic heterocycles. The molecule has 0 amide bonds. The largest absolute Gasteiger partial charge is 0.459 e. The van der Waals surface area contributed by atoms with Crippen LogP contribution in [0.25, 0.3) is 0 Å². The van der Waals surface area contributed by atoms with Crippen LogP contribution in [0.2, 0.25) is 0 Å². The van der Waals surface area contributed by atoms with Crippen molar-refractivity contribution in [2.75, 3.05) is 0 Å². The van der Waals surface area contributed by atoms with E-state index in [0.717, 1.165) is 24.8 Å². The number of ether oxygens (including phenoxy) is 1. The Kier molecular flexibility index (Phi) is 3.19. The summed E-state index contributed by atoms with van der Waals surface area (Å²) in [6.07, 6.45) is 3.39. The van der Waals surface area contributed by atoms with Crippen LogP contribution in [-0.4, -0.2) is 17.4 Å². The number of fused-ring (bicyclic) bond motifs is 3. The molecule has 2 saturated carbocycles. The summed E-state index contributed by atoms with van der Waals surface area (Å²) in [6, 6.07) is 0. The number of ketones is 1. The highest BCUT2D eigenvalue weighted by Gasteiger charge is 2.67. The fraction of sp³-hybridized carbons (Fsp3) is 0.789. The second-order valence-electron chi connectivity index (χ2n) is 9.25. The van der Waals surface area contributed by atoms with Crippen molar-refractivity contribution in [2.45, 2.75) is 72.8 Å². The summed E-state index contributed by atoms with van der Waals surface area (Å²) in [7, 11) is 0. The zero-order chi connectivity index (χ0) is 16.5. The summed E-state index contributed by atoms with van der Waals surface area (Å²) < 4.78 is 5.67. The Morgan fingerprint density at radius 2 is 1.77 bits per heavy atom. The van der Waals surface area contributed by atoms with Crippen molar-refractivity contribution >= 4 is 11.8 Å². The van der Waals surface area contributed by atoms with Gasteiger partial charge in [0.05, 0.1) is 0 Å². The molecule has 2 fully saturated rings. The van der Waals surface area contributed by atoms with Crippen LogP contribution in [0.3, 0.4) is 0 Å². The molecule has 3 aliphatic carbocycles.